The summed E-state index contributed by atoms with van der Waals surface area (Å²) in [4.78, 5) is 41.2. The van der Waals surface area contributed by atoms with E-state index in [4.69, 9.17) is 0 Å². The minimum Gasteiger partial charge on any atom is -0.337 e. The molecule has 1 aliphatic carbocycles. The summed E-state index contributed by atoms with van der Waals surface area (Å²) in [5.74, 6) is -0.701. The molecular formula is C22H30FN3O3. The zero-order valence-electron chi connectivity index (χ0n) is 17.6. The molecule has 1 spiro atoms. The highest BCUT2D eigenvalue weighted by Gasteiger charge is 2.56. The molecule has 1 saturated heterocycles. The van der Waals surface area contributed by atoms with Crippen molar-refractivity contribution in [1.82, 2.24) is 15.1 Å². The Bertz CT molecular complexity index is 825. The van der Waals surface area contributed by atoms with Gasteiger partial charge in [0, 0.05) is 13.1 Å². The van der Waals surface area contributed by atoms with Crippen molar-refractivity contribution >= 4 is 17.8 Å². The topological polar surface area (TPSA) is 69.7 Å². The summed E-state index contributed by atoms with van der Waals surface area (Å²) in [6.45, 7) is 8.44. The predicted molar refractivity (Wildman–Crippen MR) is 107 cm³/mol. The van der Waals surface area contributed by atoms with Crippen molar-refractivity contribution in [2.75, 3.05) is 13.1 Å². The van der Waals surface area contributed by atoms with Crippen LogP contribution in [0.25, 0.3) is 0 Å². The number of carbonyl (C=O) groups excluding carboxylic acids is 3. The number of hydrogen-bond donors (Lipinski definition) is 1. The Kier molecular flexibility index (Phi) is 5.70. The lowest BCUT2D eigenvalue weighted by molar-refractivity contribution is -0.141. The van der Waals surface area contributed by atoms with Gasteiger partial charge >= 0.3 is 6.03 Å². The van der Waals surface area contributed by atoms with E-state index in [9.17, 15) is 18.8 Å². The van der Waals surface area contributed by atoms with Gasteiger partial charge in [0.1, 0.15) is 17.9 Å². The molecule has 3 rings (SSSR count). The summed E-state index contributed by atoms with van der Waals surface area (Å²) < 4.78 is 13.4. The molecule has 7 heteroatoms. The van der Waals surface area contributed by atoms with Crippen LogP contribution in [-0.4, -0.2) is 46.3 Å². The van der Waals surface area contributed by atoms with Crippen molar-refractivity contribution in [1.29, 1.82) is 0 Å². The Balaban J connectivity index is 1.72. The summed E-state index contributed by atoms with van der Waals surface area (Å²) >= 11 is 0. The molecule has 1 N–H and O–H groups in total. The predicted octanol–water partition coefficient (Wildman–Crippen LogP) is 3.31. The fraction of sp³-hybridized carbons (Fsp3) is 0.591. The number of nitrogens with zero attached hydrogens (tertiary/aromatic N) is 2. The molecule has 1 saturated carbocycles. The maximum absolute atomic E-state index is 13.4. The lowest BCUT2D eigenvalue weighted by atomic mass is 9.64. The molecule has 0 aromatic heterocycles. The number of halogens is 1. The molecule has 2 atom stereocenters. The standard InChI is InChI=1S/C22H30FN3O3/c1-5-25(12-16-7-6-8-17(23)9-16)18(27)13-26-19(28)22(24-20(26)29)11-15(2)10-21(3,4)14-22/h6-9,15H,5,10-14H2,1-4H3,(H,24,29). The van der Waals surface area contributed by atoms with Gasteiger partial charge in [-0.25, -0.2) is 9.18 Å². The summed E-state index contributed by atoms with van der Waals surface area (Å²) in [5, 5.41) is 2.89. The van der Waals surface area contributed by atoms with Crippen LogP contribution in [0.5, 0.6) is 0 Å². The molecule has 2 aliphatic rings. The number of rotatable bonds is 5. The van der Waals surface area contributed by atoms with Gasteiger partial charge in [-0.1, -0.05) is 32.9 Å². The van der Waals surface area contributed by atoms with Crippen molar-refractivity contribution in [2.24, 2.45) is 11.3 Å². The first-order valence-corrected chi connectivity index (χ1v) is 10.2. The van der Waals surface area contributed by atoms with Crippen LogP contribution in [0.2, 0.25) is 0 Å². The van der Waals surface area contributed by atoms with E-state index in [1.54, 1.807) is 12.1 Å². The number of carbonyl (C=O) groups is 3. The van der Waals surface area contributed by atoms with Crippen LogP contribution >= 0.6 is 0 Å². The lowest BCUT2D eigenvalue weighted by Gasteiger charge is -2.43. The Morgan fingerprint density at radius 2 is 2.03 bits per heavy atom. The second-order valence-corrected chi connectivity index (χ2v) is 9.30. The van der Waals surface area contributed by atoms with Gasteiger partial charge in [-0.3, -0.25) is 14.5 Å². The highest BCUT2D eigenvalue weighted by molar-refractivity contribution is 6.09. The van der Waals surface area contributed by atoms with Gasteiger partial charge in [-0.15, -0.1) is 0 Å². The highest BCUT2D eigenvalue weighted by Crippen LogP contribution is 2.46. The van der Waals surface area contributed by atoms with Crippen molar-refractivity contribution in [3.05, 3.63) is 35.6 Å². The summed E-state index contributed by atoms with van der Waals surface area (Å²) in [6, 6.07) is 5.56. The molecule has 6 nitrogen and oxygen atoms in total. The van der Waals surface area contributed by atoms with E-state index in [0.717, 1.165) is 11.3 Å². The number of nitrogens with one attached hydrogen (secondary N) is 1. The monoisotopic (exact) mass is 403 g/mol. The third kappa shape index (κ3) is 4.43. The van der Waals surface area contributed by atoms with E-state index in [1.165, 1.54) is 17.0 Å². The molecule has 4 amide bonds. The normalized spacial score (nSPS) is 26.0. The average Bonchev–Trinajstić information content (AvgIpc) is 2.81. The quantitative estimate of drug-likeness (QED) is 0.767. The van der Waals surface area contributed by atoms with Gasteiger partial charge in [-0.2, -0.15) is 0 Å². The van der Waals surface area contributed by atoms with Crippen molar-refractivity contribution in [3.8, 4) is 0 Å². The van der Waals surface area contributed by atoms with Crippen LogP contribution in [0.15, 0.2) is 24.3 Å². The molecule has 1 heterocycles. The van der Waals surface area contributed by atoms with E-state index in [1.807, 2.05) is 6.92 Å². The first-order chi connectivity index (χ1) is 13.5. The first-order valence-electron chi connectivity index (χ1n) is 10.2. The molecule has 1 aliphatic heterocycles. The molecule has 0 radical (unpaired) electrons. The van der Waals surface area contributed by atoms with Crippen molar-refractivity contribution in [3.63, 3.8) is 0 Å². The van der Waals surface area contributed by atoms with Gasteiger partial charge in [0.25, 0.3) is 5.91 Å². The smallest absolute Gasteiger partial charge is 0.325 e. The highest BCUT2D eigenvalue weighted by atomic mass is 19.1. The van der Waals surface area contributed by atoms with E-state index >= 15 is 0 Å². The molecule has 158 valence electrons. The van der Waals surface area contributed by atoms with Gasteiger partial charge in [0.15, 0.2) is 0 Å². The number of hydrogen-bond acceptors (Lipinski definition) is 3. The number of imide groups is 1. The van der Waals surface area contributed by atoms with E-state index in [0.29, 0.717) is 30.9 Å². The Hall–Kier alpha value is -2.44. The lowest BCUT2D eigenvalue weighted by Crippen LogP contribution is -2.54. The van der Waals surface area contributed by atoms with E-state index in [-0.39, 0.29) is 36.1 Å². The Morgan fingerprint density at radius 1 is 1.31 bits per heavy atom. The molecule has 1 aromatic carbocycles. The van der Waals surface area contributed by atoms with Crippen LogP contribution < -0.4 is 5.32 Å². The van der Waals surface area contributed by atoms with Crippen LogP contribution in [0.4, 0.5) is 9.18 Å². The van der Waals surface area contributed by atoms with Crippen molar-refractivity contribution in [2.45, 2.75) is 59.0 Å². The van der Waals surface area contributed by atoms with Crippen LogP contribution in [0, 0.1) is 17.2 Å². The van der Waals surface area contributed by atoms with Crippen LogP contribution in [0.1, 0.15) is 52.5 Å². The Labute approximate surface area is 171 Å². The molecule has 1 aromatic rings. The molecule has 2 unspecified atom stereocenters. The number of amides is 4. The molecular weight excluding hydrogens is 373 g/mol. The number of likely N-dealkylation sites (N-methyl/N-ethyl adjacent to an activating group) is 1. The van der Waals surface area contributed by atoms with Crippen LogP contribution in [0.3, 0.4) is 0 Å². The van der Waals surface area contributed by atoms with Crippen molar-refractivity contribution < 1.29 is 18.8 Å². The number of benzene rings is 1. The largest absolute Gasteiger partial charge is 0.337 e. The maximum atomic E-state index is 13.4. The van der Waals surface area contributed by atoms with E-state index in [2.05, 4.69) is 26.1 Å². The number of urea groups is 1. The zero-order valence-corrected chi connectivity index (χ0v) is 17.6. The maximum Gasteiger partial charge on any atom is 0.325 e. The summed E-state index contributed by atoms with van der Waals surface area (Å²) in [6.07, 6.45) is 2.15. The summed E-state index contributed by atoms with van der Waals surface area (Å²) in [5.41, 5.74) is -0.317. The third-order valence-electron chi connectivity index (χ3n) is 5.91. The molecule has 0 bridgehead atoms. The van der Waals surface area contributed by atoms with Crippen LogP contribution in [-0.2, 0) is 16.1 Å². The average molecular weight is 403 g/mol. The SMILES string of the molecule is CCN(Cc1cccc(F)c1)C(=O)CN1C(=O)NC2(CC(C)CC(C)(C)C2)C1=O. The molecule has 29 heavy (non-hydrogen) atoms. The van der Waals surface area contributed by atoms with Gasteiger partial charge in [-0.05, 0) is 55.2 Å². The fourth-order valence-corrected chi connectivity index (χ4v) is 5.12. The van der Waals surface area contributed by atoms with Gasteiger partial charge < -0.3 is 10.2 Å². The second kappa shape index (κ2) is 7.76. The third-order valence-corrected chi connectivity index (χ3v) is 5.91. The minimum atomic E-state index is -0.919. The Morgan fingerprint density at radius 3 is 2.66 bits per heavy atom. The molecule has 2 fully saturated rings. The zero-order chi connectivity index (χ0) is 21.4. The second-order valence-electron chi connectivity index (χ2n) is 9.30. The summed E-state index contributed by atoms with van der Waals surface area (Å²) in [7, 11) is 0. The first kappa shape index (κ1) is 21.3. The van der Waals surface area contributed by atoms with Gasteiger partial charge in [0.05, 0.1) is 0 Å². The van der Waals surface area contributed by atoms with E-state index < -0.39 is 11.6 Å². The minimum absolute atomic E-state index is 0.0620. The fourth-order valence-electron chi connectivity index (χ4n) is 5.12. The van der Waals surface area contributed by atoms with Gasteiger partial charge in [0.2, 0.25) is 5.91 Å².